The van der Waals surface area contributed by atoms with Gasteiger partial charge >= 0.3 is 0 Å². The maximum atomic E-state index is 12.2. The predicted molar refractivity (Wildman–Crippen MR) is 104 cm³/mol. The zero-order valence-corrected chi connectivity index (χ0v) is 16.8. The van der Waals surface area contributed by atoms with Crippen molar-refractivity contribution in [1.29, 1.82) is 0 Å². The third kappa shape index (κ3) is 6.46. The lowest BCUT2D eigenvalue weighted by atomic mass is 10.00. The zero-order chi connectivity index (χ0) is 18.9. The number of ether oxygens (including phenoxy) is 1. The molecule has 0 spiro atoms. The van der Waals surface area contributed by atoms with Crippen LogP contribution in [-0.4, -0.2) is 40.1 Å². The second-order valence-electron chi connectivity index (χ2n) is 6.72. The Hall–Kier alpha value is -1.86. The third-order valence-corrected chi connectivity index (χ3v) is 4.93. The number of carbonyl (C=O) groups is 1. The maximum Gasteiger partial charge on any atom is 0.230 e. The van der Waals surface area contributed by atoms with Crippen LogP contribution in [-0.2, 0) is 22.5 Å². The molecule has 0 saturated carbocycles. The Labute approximate surface area is 159 Å². The molecule has 142 valence electrons. The zero-order valence-electron chi connectivity index (χ0n) is 15.9. The molecule has 0 aliphatic carbocycles. The molecule has 7 heteroatoms. The second kappa shape index (κ2) is 10.3. The smallest absolute Gasteiger partial charge is 0.230 e. The lowest BCUT2D eigenvalue weighted by Gasteiger charge is -2.15. The lowest BCUT2D eigenvalue weighted by molar-refractivity contribution is -0.119. The summed E-state index contributed by atoms with van der Waals surface area (Å²) in [6, 6.07) is 8.45. The molecule has 26 heavy (non-hydrogen) atoms. The molecule has 0 saturated heterocycles. The largest absolute Gasteiger partial charge is 0.383 e. The number of amides is 1. The van der Waals surface area contributed by atoms with Gasteiger partial charge in [-0.25, -0.2) is 0 Å². The van der Waals surface area contributed by atoms with E-state index < -0.39 is 0 Å². The van der Waals surface area contributed by atoms with E-state index in [9.17, 15) is 4.79 Å². The summed E-state index contributed by atoms with van der Waals surface area (Å²) < 4.78 is 6.95. The average Bonchev–Trinajstić information content (AvgIpc) is 3.05. The van der Waals surface area contributed by atoms with E-state index in [0.29, 0.717) is 24.8 Å². The van der Waals surface area contributed by atoms with E-state index in [0.717, 1.165) is 17.1 Å². The van der Waals surface area contributed by atoms with Gasteiger partial charge in [-0.3, -0.25) is 4.79 Å². The number of benzene rings is 1. The van der Waals surface area contributed by atoms with Crippen molar-refractivity contribution in [1.82, 2.24) is 20.1 Å². The summed E-state index contributed by atoms with van der Waals surface area (Å²) in [6.45, 7) is 7.68. The molecular formula is C19H28N4O2S. The minimum absolute atomic E-state index is 0.0185. The van der Waals surface area contributed by atoms with Gasteiger partial charge in [0.1, 0.15) is 6.33 Å². The van der Waals surface area contributed by atoms with Crippen LogP contribution in [0.1, 0.15) is 37.9 Å². The normalized spacial score (nSPS) is 12.3. The van der Waals surface area contributed by atoms with Gasteiger partial charge in [0, 0.05) is 13.7 Å². The van der Waals surface area contributed by atoms with Gasteiger partial charge in [0.05, 0.1) is 18.4 Å². The summed E-state index contributed by atoms with van der Waals surface area (Å²) in [5, 5.41) is 11.7. The summed E-state index contributed by atoms with van der Waals surface area (Å²) >= 11 is 1.38. The minimum Gasteiger partial charge on any atom is -0.383 e. The fourth-order valence-corrected chi connectivity index (χ4v) is 3.36. The van der Waals surface area contributed by atoms with Crippen LogP contribution in [0.15, 0.2) is 35.7 Å². The number of nitrogens with zero attached hydrogens (tertiary/aromatic N) is 3. The topological polar surface area (TPSA) is 69.0 Å². The Bertz CT molecular complexity index is 685. The fraction of sp³-hybridized carbons (Fsp3) is 0.526. The van der Waals surface area contributed by atoms with E-state index >= 15 is 0 Å². The third-order valence-electron chi connectivity index (χ3n) is 3.95. The molecule has 1 heterocycles. The van der Waals surface area contributed by atoms with Gasteiger partial charge in [-0.1, -0.05) is 49.9 Å². The van der Waals surface area contributed by atoms with Crippen molar-refractivity contribution in [3.05, 3.63) is 41.7 Å². The van der Waals surface area contributed by atoms with Crippen LogP contribution in [0.25, 0.3) is 0 Å². The first-order valence-electron chi connectivity index (χ1n) is 8.87. The van der Waals surface area contributed by atoms with Crippen LogP contribution in [0.2, 0.25) is 0 Å². The molecule has 1 aromatic heterocycles. The number of aromatic nitrogens is 3. The number of carbonyl (C=O) groups excluding carboxylic acids is 1. The van der Waals surface area contributed by atoms with Gasteiger partial charge in [0.2, 0.25) is 5.91 Å². The SMILES string of the molecule is COCCn1cnnc1SCC(=O)NC(C)c1ccc(CC(C)C)cc1. The molecule has 2 aromatic rings. The molecular weight excluding hydrogens is 348 g/mol. The van der Waals surface area contributed by atoms with Crippen molar-refractivity contribution in [3.8, 4) is 0 Å². The summed E-state index contributed by atoms with van der Waals surface area (Å²) in [5.41, 5.74) is 2.44. The Kier molecular flexibility index (Phi) is 8.12. The summed E-state index contributed by atoms with van der Waals surface area (Å²) in [4.78, 5) is 12.2. The number of nitrogens with one attached hydrogen (secondary N) is 1. The van der Waals surface area contributed by atoms with Gasteiger partial charge in [0.15, 0.2) is 5.16 Å². The summed E-state index contributed by atoms with van der Waals surface area (Å²) in [5.74, 6) is 0.928. The first-order chi connectivity index (χ1) is 12.5. The first kappa shape index (κ1) is 20.5. The van der Waals surface area contributed by atoms with Crippen molar-refractivity contribution in [3.63, 3.8) is 0 Å². The van der Waals surface area contributed by atoms with Crippen LogP contribution in [0, 0.1) is 5.92 Å². The molecule has 0 aliphatic rings. The highest BCUT2D eigenvalue weighted by Gasteiger charge is 2.12. The van der Waals surface area contributed by atoms with E-state index in [-0.39, 0.29) is 11.9 Å². The quantitative estimate of drug-likeness (QED) is 0.645. The summed E-state index contributed by atoms with van der Waals surface area (Å²) in [7, 11) is 1.65. The average molecular weight is 377 g/mol. The van der Waals surface area contributed by atoms with Crippen LogP contribution in [0.4, 0.5) is 0 Å². The molecule has 2 rings (SSSR count). The molecule has 6 nitrogen and oxygen atoms in total. The van der Waals surface area contributed by atoms with Crippen molar-refractivity contribution < 1.29 is 9.53 Å². The van der Waals surface area contributed by atoms with Crippen molar-refractivity contribution in [2.75, 3.05) is 19.5 Å². The van der Waals surface area contributed by atoms with Crippen molar-refractivity contribution in [2.24, 2.45) is 5.92 Å². The van der Waals surface area contributed by atoms with Gasteiger partial charge in [-0.2, -0.15) is 0 Å². The molecule has 1 N–H and O–H groups in total. The molecule has 1 amide bonds. The van der Waals surface area contributed by atoms with Crippen molar-refractivity contribution in [2.45, 2.75) is 44.9 Å². The van der Waals surface area contributed by atoms with Gasteiger partial charge in [-0.05, 0) is 30.4 Å². The van der Waals surface area contributed by atoms with E-state index in [4.69, 9.17) is 4.74 Å². The molecule has 0 radical (unpaired) electrons. The highest BCUT2D eigenvalue weighted by Crippen LogP contribution is 2.17. The second-order valence-corrected chi connectivity index (χ2v) is 7.66. The Morgan fingerprint density at radius 1 is 1.27 bits per heavy atom. The van der Waals surface area contributed by atoms with E-state index in [1.165, 1.54) is 17.3 Å². The van der Waals surface area contributed by atoms with Gasteiger partial charge < -0.3 is 14.6 Å². The van der Waals surface area contributed by atoms with Crippen LogP contribution >= 0.6 is 11.8 Å². The Morgan fingerprint density at radius 3 is 2.65 bits per heavy atom. The fourth-order valence-electron chi connectivity index (χ4n) is 2.61. The van der Waals surface area contributed by atoms with Crippen LogP contribution in [0.5, 0.6) is 0 Å². The molecule has 1 atom stereocenters. The van der Waals surface area contributed by atoms with Gasteiger partial charge in [0.25, 0.3) is 0 Å². The van der Waals surface area contributed by atoms with Crippen LogP contribution in [0.3, 0.4) is 0 Å². The predicted octanol–water partition coefficient (Wildman–Crippen LogP) is 3.09. The van der Waals surface area contributed by atoms with Crippen LogP contribution < -0.4 is 5.32 Å². The number of methoxy groups -OCH3 is 1. The number of rotatable bonds is 10. The van der Waals surface area contributed by atoms with Gasteiger partial charge in [-0.15, -0.1) is 10.2 Å². The van der Waals surface area contributed by atoms with E-state index in [2.05, 4.69) is 53.6 Å². The Morgan fingerprint density at radius 2 is 2.00 bits per heavy atom. The standard InChI is InChI=1S/C19H28N4O2S/c1-14(2)11-16-5-7-17(8-6-16)15(3)21-18(24)12-26-19-22-20-13-23(19)9-10-25-4/h5-8,13-15H,9-12H2,1-4H3,(H,21,24). The number of hydrogen-bond donors (Lipinski definition) is 1. The molecule has 1 aromatic carbocycles. The molecule has 0 bridgehead atoms. The maximum absolute atomic E-state index is 12.2. The monoisotopic (exact) mass is 376 g/mol. The number of thioether (sulfide) groups is 1. The van der Waals surface area contributed by atoms with Crippen molar-refractivity contribution >= 4 is 17.7 Å². The van der Waals surface area contributed by atoms with E-state index in [1.807, 2.05) is 11.5 Å². The summed E-state index contributed by atoms with van der Waals surface area (Å²) in [6.07, 6.45) is 2.72. The highest BCUT2D eigenvalue weighted by atomic mass is 32.2. The number of hydrogen-bond acceptors (Lipinski definition) is 5. The minimum atomic E-state index is -0.0254. The lowest BCUT2D eigenvalue weighted by Crippen LogP contribution is -2.28. The molecule has 1 unspecified atom stereocenters. The first-order valence-corrected chi connectivity index (χ1v) is 9.86. The van der Waals surface area contributed by atoms with E-state index in [1.54, 1.807) is 13.4 Å². The highest BCUT2D eigenvalue weighted by molar-refractivity contribution is 7.99. The molecule has 0 fully saturated rings. The Balaban J connectivity index is 1.82. The molecule has 0 aliphatic heterocycles.